The maximum atomic E-state index is 12.8. The first-order chi connectivity index (χ1) is 21.2. The lowest BCUT2D eigenvalue weighted by atomic mass is 9.95. The Bertz CT molecular complexity index is 1560. The van der Waals surface area contributed by atoms with Crippen LogP contribution in [0.15, 0.2) is 73.9 Å². The van der Waals surface area contributed by atoms with E-state index in [1.807, 2.05) is 59.6 Å². The summed E-state index contributed by atoms with van der Waals surface area (Å²) in [5.74, 6) is -2.75. The third kappa shape index (κ3) is 6.33. The zero-order valence-corrected chi connectivity index (χ0v) is 25.2. The van der Waals surface area contributed by atoms with E-state index in [9.17, 15) is 19.2 Å². The van der Waals surface area contributed by atoms with Crippen molar-refractivity contribution in [3.63, 3.8) is 0 Å². The van der Waals surface area contributed by atoms with Crippen LogP contribution in [0.4, 0.5) is 0 Å². The number of nitrogens with one attached hydrogen (secondary N) is 2. The summed E-state index contributed by atoms with van der Waals surface area (Å²) in [5, 5.41) is 4.06. The van der Waals surface area contributed by atoms with E-state index in [1.165, 1.54) is 22.7 Å². The third-order valence-corrected chi connectivity index (χ3v) is 9.46. The number of carbonyl (C=O) groups excluding carboxylic acids is 4. The molecule has 6 heterocycles. The number of rotatable bonds is 8. The minimum absolute atomic E-state index is 0.173. The SMILES string of the molecule is CC1CC(=O)NN(OC(=O)/C=C/C(=O)ON2NC(=O)CC(C)C2c2ccc(-n3ccnc3)s2)C1c1ccc(-n2ccnc2)s1. The van der Waals surface area contributed by atoms with E-state index in [2.05, 4.69) is 20.8 Å². The molecular weight excluding hydrogens is 608 g/mol. The molecule has 0 spiro atoms. The van der Waals surface area contributed by atoms with Crippen molar-refractivity contribution in [2.24, 2.45) is 11.8 Å². The van der Waals surface area contributed by atoms with Crippen molar-refractivity contribution in [3.8, 4) is 10.0 Å². The number of thiophene rings is 2. The summed E-state index contributed by atoms with van der Waals surface area (Å²) in [5.41, 5.74) is 5.20. The van der Waals surface area contributed by atoms with E-state index in [-0.39, 0.29) is 36.5 Å². The summed E-state index contributed by atoms with van der Waals surface area (Å²) in [7, 11) is 0. The molecule has 4 atom stereocenters. The quantitative estimate of drug-likeness (QED) is 0.276. The predicted octanol–water partition coefficient (Wildman–Crippen LogP) is 3.18. The Morgan fingerprint density at radius 3 is 1.59 bits per heavy atom. The minimum atomic E-state index is -0.899. The first-order valence-electron chi connectivity index (χ1n) is 13.7. The van der Waals surface area contributed by atoms with E-state index in [0.29, 0.717) is 0 Å². The number of nitrogens with zero attached hydrogens (tertiary/aromatic N) is 6. The summed E-state index contributed by atoms with van der Waals surface area (Å²) < 4.78 is 3.72. The number of aromatic nitrogens is 4. The molecule has 228 valence electrons. The van der Waals surface area contributed by atoms with Crippen LogP contribution in [0.25, 0.3) is 10.0 Å². The van der Waals surface area contributed by atoms with Gasteiger partial charge in [0.2, 0.25) is 11.8 Å². The van der Waals surface area contributed by atoms with Gasteiger partial charge in [-0.15, -0.1) is 22.7 Å². The van der Waals surface area contributed by atoms with Gasteiger partial charge in [-0.25, -0.2) is 19.6 Å². The Morgan fingerprint density at radius 2 is 1.20 bits per heavy atom. The summed E-state index contributed by atoms with van der Waals surface area (Å²) >= 11 is 2.95. The fraction of sp³-hybridized carbons (Fsp3) is 0.286. The van der Waals surface area contributed by atoms with Crippen LogP contribution in [0.3, 0.4) is 0 Å². The zero-order valence-electron chi connectivity index (χ0n) is 23.6. The van der Waals surface area contributed by atoms with Crippen molar-refractivity contribution in [1.29, 1.82) is 0 Å². The minimum Gasteiger partial charge on any atom is -0.344 e. The second-order valence-electron chi connectivity index (χ2n) is 10.4. The zero-order chi connectivity index (χ0) is 30.8. The molecule has 2 fully saturated rings. The lowest BCUT2D eigenvalue weighted by Crippen LogP contribution is -2.52. The number of hydrogen-bond acceptors (Lipinski definition) is 12. The van der Waals surface area contributed by atoms with E-state index in [0.717, 1.165) is 42.3 Å². The van der Waals surface area contributed by atoms with Gasteiger partial charge in [0.15, 0.2) is 0 Å². The fourth-order valence-electron chi connectivity index (χ4n) is 5.15. The Hall–Kier alpha value is -4.64. The molecule has 16 heteroatoms. The molecule has 2 amide bonds. The molecule has 4 unspecified atom stereocenters. The lowest BCUT2D eigenvalue weighted by molar-refractivity contribution is -0.233. The van der Waals surface area contributed by atoms with Gasteiger partial charge < -0.3 is 9.68 Å². The third-order valence-electron chi connectivity index (χ3n) is 7.13. The molecule has 0 aromatic carbocycles. The van der Waals surface area contributed by atoms with Crippen molar-refractivity contribution in [2.75, 3.05) is 0 Å². The van der Waals surface area contributed by atoms with E-state index in [1.54, 1.807) is 25.0 Å². The standard InChI is InChI=1S/C28H28N8O6S2/c1-17-13-21(37)31-35(27(17)19-3-5-23(43-19)33-11-9-29-15-33)41-25(39)7-8-26(40)42-36-28(18(2)14-22(38)32-36)20-4-6-24(44-20)34-12-10-30-16-34/h3-12,15-18,27-28H,13-14H2,1-2H3,(H,31,37)(H,32,38)/b8-7+. The normalized spacial score (nSPS) is 23.0. The number of hydrogen-bond donors (Lipinski definition) is 2. The van der Waals surface area contributed by atoms with Crippen LogP contribution in [-0.2, 0) is 28.9 Å². The molecule has 44 heavy (non-hydrogen) atoms. The van der Waals surface area contributed by atoms with Gasteiger partial charge in [-0.2, -0.15) is 0 Å². The van der Waals surface area contributed by atoms with Crippen molar-refractivity contribution in [3.05, 3.63) is 83.6 Å². The van der Waals surface area contributed by atoms with Crippen LogP contribution in [0, 0.1) is 11.8 Å². The van der Waals surface area contributed by atoms with Crippen LogP contribution in [0.5, 0.6) is 0 Å². The van der Waals surface area contributed by atoms with Crippen molar-refractivity contribution in [2.45, 2.75) is 38.8 Å². The Labute approximate surface area is 259 Å². The van der Waals surface area contributed by atoms with Crippen LogP contribution < -0.4 is 10.9 Å². The van der Waals surface area contributed by atoms with Gasteiger partial charge in [0, 0.05) is 59.5 Å². The summed E-state index contributed by atoms with van der Waals surface area (Å²) in [6, 6.07) is 6.74. The highest BCUT2D eigenvalue weighted by Gasteiger charge is 2.39. The Balaban J connectivity index is 1.12. The summed E-state index contributed by atoms with van der Waals surface area (Å²) in [4.78, 5) is 71.0. The average Bonchev–Trinajstić information content (AvgIpc) is 3.78. The molecule has 2 aliphatic heterocycles. The fourth-order valence-corrected chi connectivity index (χ4v) is 7.50. The van der Waals surface area contributed by atoms with Gasteiger partial charge in [0.25, 0.3) is 0 Å². The number of carbonyl (C=O) groups is 4. The molecule has 0 bridgehead atoms. The first-order valence-corrected chi connectivity index (χ1v) is 15.3. The topological polar surface area (TPSA) is 153 Å². The maximum absolute atomic E-state index is 12.8. The summed E-state index contributed by atoms with van der Waals surface area (Å²) in [6.07, 6.45) is 12.7. The van der Waals surface area contributed by atoms with Gasteiger partial charge in [-0.3, -0.25) is 29.6 Å². The summed E-state index contributed by atoms with van der Waals surface area (Å²) in [6.45, 7) is 3.79. The second kappa shape index (κ2) is 12.5. The predicted molar refractivity (Wildman–Crippen MR) is 157 cm³/mol. The van der Waals surface area contributed by atoms with Gasteiger partial charge in [-0.05, 0) is 46.4 Å². The molecular formula is C28H28N8O6S2. The highest BCUT2D eigenvalue weighted by molar-refractivity contribution is 7.14. The van der Waals surface area contributed by atoms with Crippen molar-refractivity contribution in [1.82, 2.24) is 40.3 Å². The number of hydroxylamine groups is 2. The average molecular weight is 637 g/mol. The highest BCUT2D eigenvalue weighted by atomic mass is 32.1. The molecule has 4 aromatic rings. The molecule has 0 aliphatic carbocycles. The molecule has 14 nitrogen and oxygen atoms in total. The van der Waals surface area contributed by atoms with Crippen LogP contribution in [0.1, 0.15) is 48.5 Å². The van der Waals surface area contributed by atoms with Gasteiger partial charge >= 0.3 is 11.9 Å². The number of imidazole rings is 2. The monoisotopic (exact) mass is 636 g/mol. The van der Waals surface area contributed by atoms with Crippen molar-refractivity contribution < 1.29 is 28.9 Å². The van der Waals surface area contributed by atoms with E-state index < -0.39 is 24.0 Å². The number of amides is 2. The number of hydrazine groups is 2. The van der Waals surface area contributed by atoms with Gasteiger partial charge in [-0.1, -0.05) is 13.8 Å². The second-order valence-corrected chi connectivity index (χ2v) is 12.6. The molecule has 2 N–H and O–H groups in total. The molecule has 0 radical (unpaired) electrons. The van der Waals surface area contributed by atoms with Crippen LogP contribution >= 0.6 is 22.7 Å². The van der Waals surface area contributed by atoms with E-state index in [4.69, 9.17) is 9.68 Å². The first kappa shape index (κ1) is 29.4. The van der Waals surface area contributed by atoms with Crippen LogP contribution in [0.2, 0.25) is 0 Å². The highest BCUT2D eigenvalue weighted by Crippen LogP contribution is 2.39. The lowest BCUT2D eigenvalue weighted by Gasteiger charge is -2.37. The van der Waals surface area contributed by atoms with Crippen molar-refractivity contribution >= 4 is 46.4 Å². The molecule has 6 rings (SSSR count). The largest absolute Gasteiger partial charge is 0.351 e. The Kier molecular flexibility index (Phi) is 8.38. The molecule has 2 aliphatic rings. The smallest absolute Gasteiger partial charge is 0.344 e. The molecule has 4 aromatic heterocycles. The molecule has 2 saturated heterocycles. The molecule has 0 saturated carbocycles. The Morgan fingerprint density at radius 1 is 0.773 bits per heavy atom. The van der Waals surface area contributed by atoms with Gasteiger partial charge in [0.05, 0.1) is 12.7 Å². The van der Waals surface area contributed by atoms with Crippen LogP contribution in [-0.4, -0.2) is 53.2 Å². The maximum Gasteiger partial charge on any atom is 0.351 e. The van der Waals surface area contributed by atoms with Gasteiger partial charge in [0.1, 0.15) is 22.1 Å². The van der Waals surface area contributed by atoms with E-state index >= 15 is 0 Å².